The molecule has 0 spiro atoms. The summed E-state index contributed by atoms with van der Waals surface area (Å²) >= 11 is 0. The van der Waals surface area contributed by atoms with Gasteiger partial charge in [0.15, 0.2) is 0 Å². The van der Waals surface area contributed by atoms with Crippen LogP contribution in [0.25, 0.3) is 0 Å². The van der Waals surface area contributed by atoms with Crippen LogP contribution >= 0.6 is 0 Å². The Morgan fingerprint density at radius 3 is 1.55 bits per heavy atom. The summed E-state index contributed by atoms with van der Waals surface area (Å²) < 4.78 is 17.3. The molecule has 0 aliphatic rings. The second-order valence-electron chi connectivity index (χ2n) is 12.0. The third-order valence-corrected chi connectivity index (χ3v) is 7.75. The first-order valence-electron chi connectivity index (χ1n) is 17.4. The molecule has 0 saturated heterocycles. The van der Waals surface area contributed by atoms with Crippen LogP contribution in [0.5, 0.6) is 11.5 Å². The van der Waals surface area contributed by atoms with Gasteiger partial charge in [0.2, 0.25) is 0 Å². The molecular weight excluding hydrogens is 580 g/mol. The average molecular weight is 633 g/mol. The van der Waals surface area contributed by atoms with Gasteiger partial charge in [-0.2, -0.15) is 0 Å². The average Bonchev–Trinajstić information content (AvgIpc) is 3.09. The van der Waals surface area contributed by atoms with E-state index in [1.54, 1.807) is 6.92 Å². The Labute approximate surface area is 283 Å². The lowest BCUT2D eigenvalue weighted by atomic mass is 10.0. The summed E-state index contributed by atoms with van der Waals surface area (Å²) in [5.41, 5.74) is 4.51. The van der Waals surface area contributed by atoms with E-state index in [1.807, 2.05) is 66.7 Å². The van der Waals surface area contributed by atoms with E-state index >= 15 is 0 Å². The summed E-state index contributed by atoms with van der Waals surface area (Å²) in [7, 11) is 0. The zero-order valence-corrected chi connectivity index (χ0v) is 28.8. The first kappa shape index (κ1) is 37.1. The topological polar surface area (TPSA) is 44.8 Å². The third kappa shape index (κ3) is 15.2. The van der Waals surface area contributed by atoms with E-state index in [9.17, 15) is 4.79 Å². The molecule has 0 amide bonds. The zero-order chi connectivity index (χ0) is 33.5. The van der Waals surface area contributed by atoms with Gasteiger partial charge in [-0.1, -0.05) is 108 Å². The van der Waals surface area contributed by atoms with Gasteiger partial charge in [-0.05, 0) is 86.5 Å². The molecule has 0 heterocycles. The Bertz CT molecular complexity index is 1490. The number of hydrogen-bond acceptors (Lipinski definition) is 4. The van der Waals surface area contributed by atoms with Crippen molar-refractivity contribution < 1.29 is 19.0 Å². The number of rotatable bonds is 19. The molecule has 0 aliphatic carbocycles. The molecule has 0 aromatic heterocycles. The van der Waals surface area contributed by atoms with Gasteiger partial charge in [-0.3, -0.25) is 0 Å². The SMILES string of the molecule is C=C(C)C(=O)OCc1cc(C#Cc2ccc(OCCCCCCCC)cc2)ccc1C#Cc1ccc(OCCCCCCCC)cc1. The predicted molar refractivity (Wildman–Crippen MR) is 194 cm³/mol. The van der Waals surface area contributed by atoms with Crippen molar-refractivity contribution in [3.63, 3.8) is 0 Å². The van der Waals surface area contributed by atoms with E-state index in [1.165, 1.54) is 64.2 Å². The minimum absolute atomic E-state index is 0.0844. The van der Waals surface area contributed by atoms with Gasteiger partial charge in [0.05, 0.1) is 13.2 Å². The normalized spacial score (nSPS) is 10.3. The molecule has 0 unspecified atom stereocenters. The van der Waals surface area contributed by atoms with Crippen molar-refractivity contribution in [2.75, 3.05) is 13.2 Å². The first-order chi connectivity index (χ1) is 23.0. The van der Waals surface area contributed by atoms with Gasteiger partial charge in [-0.25, -0.2) is 4.79 Å². The van der Waals surface area contributed by atoms with Crippen molar-refractivity contribution in [2.45, 2.75) is 104 Å². The van der Waals surface area contributed by atoms with E-state index in [4.69, 9.17) is 14.2 Å². The molecule has 248 valence electrons. The lowest BCUT2D eigenvalue weighted by molar-refractivity contribution is -0.140. The second kappa shape index (κ2) is 22.2. The number of hydrogen-bond donors (Lipinski definition) is 0. The molecule has 0 aliphatic heterocycles. The Morgan fingerprint density at radius 1 is 0.596 bits per heavy atom. The zero-order valence-electron chi connectivity index (χ0n) is 28.8. The van der Waals surface area contributed by atoms with Crippen molar-refractivity contribution in [3.8, 4) is 35.2 Å². The molecule has 47 heavy (non-hydrogen) atoms. The summed E-state index contributed by atoms with van der Waals surface area (Å²) in [4.78, 5) is 12.1. The molecule has 4 heteroatoms. The highest BCUT2D eigenvalue weighted by Crippen LogP contribution is 2.17. The van der Waals surface area contributed by atoms with Crippen LogP contribution in [0.2, 0.25) is 0 Å². The van der Waals surface area contributed by atoms with Gasteiger partial charge in [0.25, 0.3) is 0 Å². The van der Waals surface area contributed by atoms with Crippen LogP contribution in [0.4, 0.5) is 0 Å². The Morgan fingerprint density at radius 2 is 1.04 bits per heavy atom. The van der Waals surface area contributed by atoms with Crippen LogP contribution in [-0.2, 0) is 16.1 Å². The smallest absolute Gasteiger partial charge is 0.333 e. The molecule has 0 N–H and O–H groups in total. The van der Waals surface area contributed by atoms with E-state index in [0.29, 0.717) is 5.57 Å². The van der Waals surface area contributed by atoms with Crippen molar-refractivity contribution >= 4 is 5.97 Å². The number of unbranched alkanes of at least 4 members (excludes halogenated alkanes) is 10. The standard InChI is InChI=1S/C43H52O4/c1-5-7-9-11-13-15-31-45-41-27-21-36(22-28-41)17-18-38-20-26-39(40(33-38)34-47-43(44)35(3)4)25-19-37-23-29-42(30-24-37)46-32-16-14-12-10-8-6-2/h20-24,26-30,33H,3,5-16,31-32,34H2,1-2,4H3. The molecule has 0 radical (unpaired) electrons. The highest BCUT2D eigenvalue weighted by Gasteiger charge is 2.08. The number of benzene rings is 3. The lowest BCUT2D eigenvalue weighted by Gasteiger charge is -2.08. The molecular formula is C43H52O4. The van der Waals surface area contributed by atoms with E-state index in [-0.39, 0.29) is 6.61 Å². The fraction of sp³-hybridized carbons (Fsp3) is 0.419. The summed E-state index contributed by atoms with van der Waals surface area (Å²) in [6.07, 6.45) is 14.9. The number of ether oxygens (including phenoxy) is 3. The van der Waals surface area contributed by atoms with Crippen LogP contribution in [0.3, 0.4) is 0 Å². The van der Waals surface area contributed by atoms with Crippen LogP contribution in [0.15, 0.2) is 78.9 Å². The molecule has 3 aromatic rings. The summed E-state index contributed by atoms with van der Waals surface area (Å²) in [6.45, 7) is 11.4. The number of carbonyl (C=O) groups is 1. The molecule has 3 aromatic carbocycles. The number of carbonyl (C=O) groups excluding carboxylic acids is 1. The van der Waals surface area contributed by atoms with E-state index < -0.39 is 5.97 Å². The minimum atomic E-state index is -0.434. The van der Waals surface area contributed by atoms with Gasteiger partial charge in [0.1, 0.15) is 18.1 Å². The van der Waals surface area contributed by atoms with Crippen LogP contribution < -0.4 is 9.47 Å². The summed E-state index contributed by atoms with van der Waals surface area (Å²) in [5.74, 6) is 14.2. The number of esters is 1. The highest BCUT2D eigenvalue weighted by atomic mass is 16.5. The van der Waals surface area contributed by atoms with Gasteiger partial charge >= 0.3 is 5.97 Å². The van der Waals surface area contributed by atoms with E-state index in [0.717, 1.165) is 65.4 Å². The maximum absolute atomic E-state index is 12.1. The molecule has 0 atom stereocenters. The van der Waals surface area contributed by atoms with Crippen molar-refractivity contribution in [2.24, 2.45) is 0 Å². The largest absolute Gasteiger partial charge is 0.494 e. The Kier molecular flexibility index (Phi) is 17.5. The molecule has 0 fully saturated rings. The van der Waals surface area contributed by atoms with Gasteiger partial charge in [0, 0.05) is 33.4 Å². The van der Waals surface area contributed by atoms with Crippen molar-refractivity contribution in [1.82, 2.24) is 0 Å². The predicted octanol–water partition coefficient (Wildman–Crippen LogP) is 10.6. The minimum Gasteiger partial charge on any atom is -0.494 e. The van der Waals surface area contributed by atoms with Crippen LogP contribution in [0, 0.1) is 23.7 Å². The Balaban J connectivity index is 1.61. The molecule has 0 bridgehead atoms. The second-order valence-corrected chi connectivity index (χ2v) is 12.0. The van der Waals surface area contributed by atoms with E-state index in [2.05, 4.69) is 44.1 Å². The van der Waals surface area contributed by atoms with Crippen LogP contribution in [-0.4, -0.2) is 19.2 Å². The lowest BCUT2D eigenvalue weighted by Crippen LogP contribution is -2.06. The van der Waals surface area contributed by atoms with Crippen molar-refractivity contribution in [3.05, 3.63) is 107 Å². The first-order valence-corrected chi connectivity index (χ1v) is 17.4. The van der Waals surface area contributed by atoms with Gasteiger partial charge in [-0.15, -0.1) is 0 Å². The van der Waals surface area contributed by atoms with Crippen LogP contribution in [0.1, 0.15) is 126 Å². The third-order valence-electron chi connectivity index (χ3n) is 7.75. The molecule has 3 rings (SSSR count). The summed E-state index contributed by atoms with van der Waals surface area (Å²) in [5, 5.41) is 0. The quantitative estimate of drug-likeness (QED) is 0.0571. The van der Waals surface area contributed by atoms with Crippen molar-refractivity contribution in [1.29, 1.82) is 0 Å². The summed E-state index contributed by atoms with van der Waals surface area (Å²) in [6, 6.07) is 21.6. The molecule has 4 nitrogen and oxygen atoms in total. The molecule has 0 saturated carbocycles. The Hall–Kier alpha value is -4.41. The maximum Gasteiger partial charge on any atom is 0.333 e. The fourth-order valence-electron chi connectivity index (χ4n) is 4.88. The highest BCUT2D eigenvalue weighted by molar-refractivity contribution is 5.86. The van der Waals surface area contributed by atoms with Gasteiger partial charge < -0.3 is 14.2 Å². The fourth-order valence-corrected chi connectivity index (χ4v) is 4.88. The monoisotopic (exact) mass is 632 g/mol. The maximum atomic E-state index is 12.1.